The Kier molecular flexibility index (Phi) is 4.97. The summed E-state index contributed by atoms with van der Waals surface area (Å²) in [5, 5.41) is 3.14. The van der Waals surface area contributed by atoms with Crippen molar-refractivity contribution >= 4 is 22.6 Å². The molecule has 0 fully saturated rings. The number of nitrogens with zero attached hydrogens (tertiary/aromatic N) is 2. The summed E-state index contributed by atoms with van der Waals surface area (Å²) in [7, 11) is 0. The second-order valence-corrected chi connectivity index (χ2v) is 6.74. The van der Waals surface area contributed by atoms with E-state index in [1.54, 1.807) is 12.1 Å². The number of carbonyl (C=O) groups excluding carboxylic acids is 1. The molecule has 1 aliphatic rings. The highest BCUT2D eigenvalue weighted by Crippen LogP contribution is 2.30. The van der Waals surface area contributed by atoms with E-state index in [1.807, 2.05) is 18.2 Å². The van der Waals surface area contributed by atoms with Crippen LogP contribution in [0.25, 0.3) is 11.4 Å². The molecular weight excluding hydrogens is 369 g/mol. The van der Waals surface area contributed by atoms with Crippen molar-refractivity contribution in [2.45, 2.75) is 12.8 Å². The average molecular weight is 385 g/mol. The van der Waals surface area contributed by atoms with Gasteiger partial charge in [-0.05, 0) is 42.0 Å². The summed E-state index contributed by atoms with van der Waals surface area (Å²) >= 11 is 1.08. The van der Waals surface area contributed by atoms with Crippen LogP contribution in [0.5, 0.6) is 11.5 Å². The molecule has 3 aromatic rings. The second kappa shape index (κ2) is 7.71. The lowest BCUT2D eigenvalue weighted by molar-refractivity contribution is -0.115. The highest BCUT2D eigenvalue weighted by atomic mass is 32.1. The number of fused-ring (bicyclic) bond motifs is 1. The van der Waals surface area contributed by atoms with Crippen LogP contribution < -0.4 is 14.8 Å². The molecule has 0 aliphatic carbocycles. The van der Waals surface area contributed by atoms with Gasteiger partial charge in [0.15, 0.2) is 17.3 Å². The van der Waals surface area contributed by atoms with Gasteiger partial charge in [0, 0.05) is 23.5 Å². The molecule has 2 aromatic carbocycles. The van der Waals surface area contributed by atoms with Crippen LogP contribution in [-0.2, 0) is 11.2 Å². The Bertz CT molecular complexity index is 959. The van der Waals surface area contributed by atoms with Crippen LogP contribution in [0.15, 0.2) is 42.5 Å². The fraction of sp³-hybridized carbons (Fsp3) is 0.211. The summed E-state index contributed by atoms with van der Waals surface area (Å²) in [6.07, 6.45) is 1.01. The largest absolute Gasteiger partial charge is 0.490 e. The summed E-state index contributed by atoms with van der Waals surface area (Å²) in [6, 6.07) is 11.4. The molecule has 0 atom stereocenters. The van der Waals surface area contributed by atoms with Crippen LogP contribution in [0, 0.1) is 5.82 Å². The van der Waals surface area contributed by atoms with Crippen molar-refractivity contribution in [3.05, 3.63) is 53.8 Å². The summed E-state index contributed by atoms with van der Waals surface area (Å²) in [5.41, 5.74) is 1.51. The van der Waals surface area contributed by atoms with Crippen LogP contribution in [-0.4, -0.2) is 28.5 Å². The van der Waals surface area contributed by atoms with Gasteiger partial charge < -0.3 is 14.8 Å². The van der Waals surface area contributed by atoms with E-state index in [9.17, 15) is 9.18 Å². The number of carbonyl (C=O) groups is 1. The normalized spacial score (nSPS) is 13.1. The zero-order valence-corrected chi connectivity index (χ0v) is 15.1. The lowest BCUT2D eigenvalue weighted by atomic mass is 10.1. The maximum atomic E-state index is 13.0. The summed E-state index contributed by atoms with van der Waals surface area (Å²) < 4.78 is 28.4. The van der Waals surface area contributed by atoms with Gasteiger partial charge in [-0.1, -0.05) is 6.07 Å². The SMILES string of the molecule is O=C(Cc1ccc2c(c1)OCCCO2)Nc1nc(-c2ccc(F)cc2)ns1. The summed E-state index contributed by atoms with van der Waals surface area (Å²) in [5.74, 6) is 1.28. The highest BCUT2D eigenvalue weighted by molar-refractivity contribution is 7.10. The minimum absolute atomic E-state index is 0.183. The number of amides is 1. The highest BCUT2D eigenvalue weighted by Gasteiger charge is 2.14. The molecule has 27 heavy (non-hydrogen) atoms. The Morgan fingerprint density at radius 1 is 1.11 bits per heavy atom. The van der Waals surface area contributed by atoms with Gasteiger partial charge >= 0.3 is 0 Å². The van der Waals surface area contributed by atoms with Crippen molar-refractivity contribution in [3.63, 3.8) is 0 Å². The molecule has 138 valence electrons. The van der Waals surface area contributed by atoms with E-state index in [1.165, 1.54) is 12.1 Å². The maximum Gasteiger partial charge on any atom is 0.230 e. The number of anilines is 1. The minimum atomic E-state index is -0.322. The van der Waals surface area contributed by atoms with Gasteiger partial charge in [0.1, 0.15) is 5.82 Å². The second-order valence-electron chi connectivity index (χ2n) is 5.99. The van der Waals surface area contributed by atoms with Crippen molar-refractivity contribution in [1.82, 2.24) is 9.36 Å². The van der Waals surface area contributed by atoms with Gasteiger partial charge in [-0.25, -0.2) is 4.39 Å². The minimum Gasteiger partial charge on any atom is -0.490 e. The fourth-order valence-corrected chi connectivity index (χ4v) is 3.26. The maximum absolute atomic E-state index is 13.0. The van der Waals surface area contributed by atoms with E-state index >= 15 is 0 Å². The van der Waals surface area contributed by atoms with Crippen molar-refractivity contribution in [2.24, 2.45) is 0 Å². The number of rotatable bonds is 4. The van der Waals surface area contributed by atoms with Gasteiger partial charge in [-0.15, -0.1) is 0 Å². The number of hydrogen-bond donors (Lipinski definition) is 1. The van der Waals surface area contributed by atoms with E-state index in [-0.39, 0.29) is 18.1 Å². The van der Waals surface area contributed by atoms with Crippen LogP contribution in [0.2, 0.25) is 0 Å². The third-order valence-electron chi connectivity index (χ3n) is 3.95. The number of benzene rings is 2. The number of halogens is 1. The molecular formula is C19H16FN3O3S. The predicted octanol–water partition coefficient (Wildman–Crippen LogP) is 3.69. The van der Waals surface area contributed by atoms with E-state index in [2.05, 4.69) is 14.7 Å². The van der Waals surface area contributed by atoms with E-state index in [0.29, 0.717) is 41.2 Å². The average Bonchev–Trinajstić information content (AvgIpc) is 2.99. The molecule has 0 bridgehead atoms. The Hall–Kier alpha value is -3.00. The predicted molar refractivity (Wildman–Crippen MR) is 99.7 cm³/mol. The molecule has 0 saturated heterocycles. The van der Waals surface area contributed by atoms with Crippen molar-refractivity contribution in [3.8, 4) is 22.9 Å². The molecule has 4 rings (SSSR count). The molecule has 6 nitrogen and oxygen atoms in total. The molecule has 2 heterocycles. The van der Waals surface area contributed by atoms with Gasteiger partial charge in [-0.2, -0.15) is 9.36 Å². The van der Waals surface area contributed by atoms with Crippen LogP contribution in [0.4, 0.5) is 9.52 Å². The first-order chi connectivity index (χ1) is 13.2. The first-order valence-corrected chi connectivity index (χ1v) is 9.23. The topological polar surface area (TPSA) is 73.3 Å². The third kappa shape index (κ3) is 4.22. The van der Waals surface area contributed by atoms with E-state index < -0.39 is 0 Å². The molecule has 1 amide bonds. The number of ether oxygens (including phenoxy) is 2. The van der Waals surface area contributed by atoms with Crippen LogP contribution in [0.1, 0.15) is 12.0 Å². The first-order valence-electron chi connectivity index (χ1n) is 8.45. The Morgan fingerprint density at radius 3 is 2.70 bits per heavy atom. The third-order valence-corrected chi connectivity index (χ3v) is 4.58. The molecule has 8 heteroatoms. The van der Waals surface area contributed by atoms with Crippen molar-refractivity contribution < 1.29 is 18.7 Å². The Morgan fingerprint density at radius 2 is 1.89 bits per heavy atom. The summed E-state index contributed by atoms with van der Waals surface area (Å²) in [4.78, 5) is 16.6. The fourth-order valence-electron chi connectivity index (χ4n) is 2.66. The van der Waals surface area contributed by atoms with Gasteiger partial charge in [0.2, 0.25) is 11.0 Å². The van der Waals surface area contributed by atoms with Gasteiger partial charge in [0.25, 0.3) is 0 Å². The summed E-state index contributed by atoms with van der Waals surface area (Å²) in [6.45, 7) is 1.22. The first kappa shape index (κ1) is 17.4. The number of nitrogens with one attached hydrogen (secondary N) is 1. The number of hydrogen-bond acceptors (Lipinski definition) is 6. The van der Waals surface area contributed by atoms with Crippen molar-refractivity contribution in [2.75, 3.05) is 18.5 Å². The lowest BCUT2D eigenvalue weighted by Crippen LogP contribution is -2.14. The van der Waals surface area contributed by atoms with E-state index in [0.717, 1.165) is 23.5 Å². The Labute approximate surface area is 159 Å². The number of aromatic nitrogens is 2. The zero-order valence-electron chi connectivity index (χ0n) is 14.3. The van der Waals surface area contributed by atoms with Crippen LogP contribution in [0.3, 0.4) is 0 Å². The van der Waals surface area contributed by atoms with Crippen LogP contribution >= 0.6 is 11.5 Å². The molecule has 1 N–H and O–H groups in total. The quantitative estimate of drug-likeness (QED) is 0.742. The van der Waals surface area contributed by atoms with Crippen molar-refractivity contribution in [1.29, 1.82) is 0 Å². The molecule has 0 unspecified atom stereocenters. The lowest BCUT2D eigenvalue weighted by Gasteiger charge is -2.09. The monoisotopic (exact) mass is 385 g/mol. The molecule has 1 aromatic heterocycles. The molecule has 0 spiro atoms. The molecule has 0 saturated carbocycles. The Balaban J connectivity index is 1.41. The van der Waals surface area contributed by atoms with E-state index in [4.69, 9.17) is 9.47 Å². The molecule has 1 aliphatic heterocycles. The standard InChI is InChI=1S/C19H16FN3O3S/c20-14-5-3-13(4-6-14)18-22-19(27-23-18)21-17(24)11-12-2-7-15-16(10-12)26-9-1-8-25-15/h2-7,10H,1,8-9,11H2,(H,21,22,23,24). The smallest absolute Gasteiger partial charge is 0.230 e. The van der Waals surface area contributed by atoms with Gasteiger partial charge in [-0.3, -0.25) is 4.79 Å². The van der Waals surface area contributed by atoms with Gasteiger partial charge in [0.05, 0.1) is 19.6 Å². The zero-order chi connectivity index (χ0) is 18.6. The molecule has 0 radical (unpaired) electrons.